The molecule has 0 aliphatic carbocycles. The maximum Gasteiger partial charge on any atom is 0.340 e. The SMILES string of the molecule is COC(=O)c1c(N)cccc1CN1C(=O)CCSC1=O. The molecule has 2 rings (SSSR count). The molecule has 0 atom stereocenters. The molecule has 0 unspecified atom stereocenters. The highest BCUT2D eigenvalue weighted by Crippen LogP contribution is 2.24. The number of anilines is 1. The van der Waals surface area contributed by atoms with Crippen molar-refractivity contribution in [3.05, 3.63) is 29.3 Å². The van der Waals surface area contributed by atoms with Gasteiger partial charge in [-0.15, -0.1) is 0 Å². The van der Waals surface area contributed by atoms with Crippen LogP contribution in [0, 0.1) is 0 Å². The number of carbonyl (C=O) groups excluding carboxylic acids is 3. The number of hydrogen-bond donors (Lipinski definition) is 1. The molecular weight excluding hydrogens is 280 g/mol. The highest BCUT2D eigenvalue weighted by atomic mass is 32.2. The minimum atomic E-state index is -0.581. The van der Waals surface area contributed by atoms with E-state index in [1.54, 1.807) is 18.2 Å². The topological polar surface area (TPSA) is 89.7 Å². The summed E-state index contributed by atoms with van der Waals surface area (Å²) in [6.07, 6.45) is 0.312. The van der Waals surface area contributed by atoms with Gasteiger partial charge in [0, 0.05) is 17.9 Å². The summed E-state index contributed by atoms with van der Waals surface area (Å²) in [5.41, 5.74) is 6.74. The second-order valence-electron chi connectivity index (χ2n) is 4.22. The molecular formula is C13H14N2O4S. The van der Waals surface area contributed by atoms with Crippen molar-refractivity contribution in [1.82, 2.24) is 4.90 Å². The third-order valence-electron chi connectivity index (χ3n) is 2.96. The highest BCUT2D eigenvalue weighted by Gasteiger charge is 2.28. The van der Waals surface area contributed by atoms with Crippen molar-refractivity contribution in [2.24, 2.45) is 0 Å². The van der Waals surface area contributed by atoms with Crippen LogP contribution in [-0.4, -0.2) is 34.9 Å². The van der Waals surface area contributed by atoms with Crippen molar-refractivity contribution in [1.29, 1.82) is 0 Å². The Morgan fingerprint density at radius 2 is 2.20 bits per heavy atom. The first kappa shape index (κ1) is 14.4. The molecule has 1 aromatic rings. The fraction of sp³-hybridized carbons (Fsp3) is 0.308. The molecule has 1 aliphatic rings. The standard InChI is InChI=1S/C13H14N2O4S/c1-19-12(17)11-8(3-2-4-9(11)14)7-15-10(16)5-6-20-13(15)18/h2-4H,5-7,14H2,1H3. The number of ether oxygens (including phenoxy) is 1. The van der Waals surface area contributed by atoms with Gasteiger partial charge >= 0.3 is 5.97 Å². The maximum atomic E-state index is 11.8. The molecule has 1 heterocycles. The fourth-order valence-electron chi connectivity index (χ4n) is 1.97. The van der Waals surface area contributed by atoms with Crippen molar-refractivity contribution in [3.8, 4) is 0 Å². The van der Waals surface area contributed by atoms with E-state index < -0.39 is 5.97 Å². The molecule has 1 saturated heterocycles. The van der Waals surface area contributed by atoms with Gasteiger partial charge in [0.2, 0.25) is 5.91 Å². The first-order chi connectivity index (χ1) is 9.54. The van der Waals surface area contributed by atoms with E-state index in [-0.39, 0.29) is 28.9 Å². The Morgan fingerprint density at radius 3 is 2.85 bits per heavy atom. The largest absolute Gasteiger partial charge is 0.465 e. The molecule has 106 valence electrons. The van der Waals surface area contributed by atoms with Gasteiger partial charge < -0.3 is 10.5 Å². The third-order valence-corrected chi connectivity index (χ3v) is 3.84. The van der Waals surface area contributed by atoms with E-state index in [0.717, 1.165) is 16.7 Å². The lowest BCUT2D eigenvalue weighted by molar-refractivity contribution is -0.128. The zero-order chi connectivity index (χ0) is 14.7. The number of rotatable bonds is 3. The average Bonchev–Trinajstić information content (AvgIpc) is 2.42. The Bertz CT molecular complexity index is 557. The average molecular weight is 294 g/mol. The number of nitrogen functional groups attached to an aromatic ring is 1. The molecule has 0 bridgehead atoms. The molecule has 20 heavy (non-hydrogen) atoms. The molecule has 0 saturated carbocycles. The number of esters is 1. The van der Waals surface area contributed by atoms with E-state index in [2.05, 4.69) is 4.74 Å². The Kier molecular flexibility index (Phi) is 4.29. The minimum Gasteiger partial charge on any atom is -0.465 e. The molecule has 1 fully saturated rings. The Balaban J connectivity index is 2.33. The van der Waals surface area contributed by atoms with Gasteiger partial charge in [-0.05, 0) is 11.6 Å². The van der Waals surface area contributed by atoms with Gasteiger partial charge in [0.05, 0.1) is 19.2 Å². The molecule has 0 aromatic heterocycles. The van der Waals surface area contributed by atoms with Gasteiger partial charge in [-0.1, -0.05) is 23.9 Å². The smallest absolute Gasteiger partial charge is 0.340 e. The van der Waals surface area contributed by atoms with E-state index in [9.17, 15) is 14.4 Å². The number of thioether (sulfide) groups is 1. The second-order valence-corrected chi connectivity index (χ2v) is 5.26. The normalized spacial score (nSPS) is 15.3. The summed E-state index contributed by atoms with van der Waals surface area (Å²) in [4.78, 5) is 36.5. The lowest BCUT2D eigenvalue weighted by atomic mass is 10.0. The van der Waals surface area contributed by atoms with Crippen molar-refractivity contribution < 1.29 is 19.1 Å². The van der Waals surface area contributed by atoms with Crippen molar-refractivity contribution in [2.75, 3.05) is 18.6 Å². The summed E-state index contributed by atoms with van der Waals surface area (Å²) in [5, 5.41) is -0.306. The van der Waals surface area contributed by atoms with Gasteiger partial charge in [-0.2, -0.15) is 0 Å². The molecule has 6 nitrogen and oxygen atoms in total. The Hall–Kier alpha value is -2.02. The van der Waals surface area contributed by atoms with Gasteiger partial charge in [0.25, 0.3) is 5.24 Å². The van der Waals surface area contributed by atoms with Crippen LogP contribution in [0.5, 0.6) is 0 Å². The van der Waals surface area contributed by atoms with E-state index >= 15 is 0 Å². The first-order valence-electron chi connectivity index (χ1n) is 5.97. The van der Waals surface area contributed by atoms with Crippen LogP contribution in [-0.2, 0) is 16.1 Å². The summed E-state index contributed by atoms with van der Waals surface area (Å²) >= 11 is 1.09. The van der Waals surface area contributed by atoms with Crippen LogP contribution in [0.15, 0.2) is 18.2 Å². The quantitative estimate of drug-likeness (QED) is 0.673. The molecule has 0 radical (unpaired) electrons. The van der Waals surface area contributed by atoms with Crippen LogP contribution in [0.25, 0.3) is 0 Å². The Morgan fingerprint density at radius 1 is 1.45 bits per heavy atom. The second kappa shape index (κ2) is 5.96. The molecule has 1 aromatic carbocycles. The lowest BCUT2D eigenvalue weighted by Gasteiger charge is -2.25. The van der Waals surface area contributed by atoms with Gasteiger partial charge in [0.1, 0.15) is 0 Å². The van der Waals surface area contributed by atoms with E-state index in [1.165, 1.54) is 7.11 Å². The number of nitrogens with two attached hydrogens (primary N) is 1. The molecule has 1 aliphatic heterocycles. The third kappa shape index (κ3) is 2.77. The molecule has 2 N–H and O–H groups in total. The summed E-state index contributed by atoms with van der Waals surface area (Å²) in [6.45, 7) is 0.0279. The Labute approximate surface area is 120 Å². The monoisotopic (exact) mass is 294 g/mol. The van der Waals surface area contributed by atoms with Crippen LogP contribution in [0.1, 0.15) is 22.3 Å². The number of methoxy groups -OCH3 is 1. The van der Waals surface area contributed by atoms with Gasteiger partial charge in [-0.25, -0.2) is 4.79 Å². The van der Waals surface area contributed by atoms with Crippen molar-refractivity contribution >= 4 is 34.6 Å². The maximum absolute atomic E-state index is 11.8. The number of imide groups is 1. The predicted octanol–water partition coefficient (Wildman–Crippen LogP) is 1.64. The number of amides is 2. The van der Waals surface area contributed by atoms with E-state index in [0.29, 0.717) is 17.7 Å². The summed E-state index contributed by atoms with van der Waals surface area (Å²) in [5.74, 6) is -0.329. The minimum absolute atomic E-state index is 0.0279. The van der Waals surface area contributed by atoms with Crippen LogP contribution in [0.4, 0.5) is 10.5 Å². The molecule has 7 heteroatoms. The molecule has 0 spiro atoms. The zero-order valence-corrected chi connectivity index (χ0v) is 11.7. The van der Waals surface area contributed by atoms with Gasteiger partial charge in [-0.3, -0.25) is 14.5 Å². The van der Waals surface area contributed by atoms with E-state index in [4.69, 9.17) is 5.73 Å². The molecule has 2 amide bonds. The van der Waals surface area contributed by atoms with Gasteiger partial charge in [0.15, 0.2) is 0 Å². The predicted molar refractivity (Wildman–Crippen MR) is 75.2 cm³/mol. The first-order valence-corrected chi connectivity index (χ1v) is 6.96. The fourth-order valence-corrected chi connectivity index (χ4v) is 2.74. The number of hydrogen-bond acceptors (Lipinski definition) is 6. The van der Waals surface area contributed by atoms with Crippen LogP contribution in [0.2, 0.25) is 0 Å². The summed E-state index contributed by atoms with van der Waals surface area (Å²) < 4.78 is 4.69. The number of nitrogens with zero attached hydrogens (tertiary/aromatic N) is 1. The van der Waals surface area contributed by atoms with Crippen LogP contribution in [0.3, 0.4) is 0 Å². The van der Waals surface area contributed by atoms with Crippen molar-refractivity contribution in [3.63, 3.8) is 0 Å². The summed E-state index contributed by atoms with van der Waals surface area (Å²) in [6, 6.07) is 4.90. The van der Waals surface area contributed by atoms with Crippen LogP contribution >= 0.6 is 11.8 Å². The van der Waals surface area contributed by atoms with E-state index in [1.807, 2.05) is 0 Å². The van der Waals surface area contributed by atoms with Crippen LogP contribution < -0.4 is 5.73 Å². The zero-order valence-electron chi connectivity index (χ0n) is 10.9. The van der Waals surface area contributed by atoms with Crippen molar-refractivity contribution in [2.45, 2.75) is 13.0 Å². The number of benzene rings is 1. The number of carbonyl (C=O) groups is 3. The summed E-state index contributed by atoms with van der Waals surface area (Å²) in [7, 11) is 1.26. The lowest BCUT2D eigenvalue weighted by Crippen LogP contribution is -2.37. The highest BCUT2D eigenvalue weighted by molar-refractivity contribution is 8.13.